The first-order valence-corrected chi connectivity index (χ1v) is 5.26. The highest BCUT2D eigenvalue weighted by atomic mass is 16.6. The molecule has 0 heterocycles. The van der Waals surface area contributed by atoms with Crippen LogP contribution in [0.4, 0.5) is 11.4 Å². The maximum atomic E-state index is 11.0. The molecule has 0 aliphatic heterocycles. The Kier molecular flexibility index (Phi) is 4.71. The van der Waals surface area contributed by atoms with E-state index in [9.17, 15) is 10.1 Å². The van der Waals surface area contributed by atoms with Crippen molar-refractivity contribution in [2.45, 2.75) is 0 Å². The second kappa shape index (κ2) is 6.05. The van der Waals surface area contributed by atoms with Crippen LogP contribution >= 0.6 is 0 Å². The Morgan fingerprint density at radius 2 is 2.18 bits per heavy atom. The smallest absolute Gasteiger partial charge is 0.333 e. The highest BCUT2D eigenvalue weighted by Crippen LogP contribution is 2.34. The third-order valence-electron chi connectivity index (χ3n) is 2.28. The molecule has 0 aliphatic rings. The van der Waals surface area contributed by atoms with Gasteiger partial charge in [0.05, 0.1) is 12.0 Å². The van der Waals surface area contributed by atoms with Gasteiger partial charge in [0, 0.05) is 13.1 Å². The zero-order valence-corrected chi connectivity index (χ0v) is 10.3. The van der Waals surface area contributed by atoms with E-state index in [1.807, 2.05) is 19.0 Å². The van der Waals surface area contributed by atoms with E-state index in [-0.39, 0.29) is 11.4 Å². The molecule has 0 aliphatic carbocycles. The molecule has 17 heavy (non-hydrogen) atoms. The second-order valence-electron chi connectivity index (χ2n) is 3.84. The monoisotopic (exact) mass is 239 g/mol. The van der Waals surface area contributed by atoms with Crippen LogP contribution in [0, 0.1) is 10.1 Å². The van der Waals surface area contributed by atoms with Crippen molar-refractivity contribution in [3.8, 4) is 5.75 Å². The fraction of sp³-hybridized carbons (Fsp3) is 0.455. The number of benzene rings is 1. The van der Waals surface area contributed by atoms with Crippen LogP contribution in [-0.2, 0) is 0 Å². The summed E-state index contributed by atoms with van der Waals surface area (Å²) in [7, 11) is 5.31. The van der Waals surface area contributed by atoms with Crippen LogP contribution in [0.3, 0.4) is 0 Å². The summed E-state index contributed by atoms with van der Waals surface area (Å²) in [6, 6.07) is 4.98. The average molecular weight is 239 g/mol. The molecule has 0 spiro atoms. The average Bonchev–Trinajstić information content (AvgIpc) is 2.27. The van der Waals surface area contributed by atoms with E-state index < -0.39 is 4.92 Å². The summed E-state index contributed by atoms with van der Waals surface area (Å²) in [6.07, 6.45) is 0. The number of methoxy groups -OCH3 is 1. The molecule has 6 heteroatoms. The molecular formula is C11H17N3O3. The Morgan fingerprint density at radius 1 is 1.47 bits per heavy atom. The van der Waals surface area contributed by atoms with Gasteiger partial charge in [0.2, 0.25) is 0 Å². The molecule has 0 saturated carbocycles. The van der Waals surface area contributed by atoms with Crippen LogP contribution in [0.25, 0.3) is 0 Å². The molecule has 0 bridgehead atoms. The van der Waals surface area contributed by atoms with E-state index in [1.54, 1.807) is 18.2 Å². The zero-order valence-electron chi connectivity index (χ0n) is 10.3. The normalized spacial score (nSPS) is 10.4. The van der Waals surface area contributed by atoms with Crippen LogP contribution in [0.5, 0.6) is 5.75 Å². The highest BCUT2D eigenvalue weighted by Gasteiger charge is 2.19. The van der Waals surface area contributed by atoms with Crippen molar-refractivity contribution in [2.24, 2.45) is 0 Å². The molecular weight excluding hydrogens is 222 g/mol. The van der Waals surface area contributed by atoms with Gasteiger partial charge in [-0.2, -0.15) is 0 Å². The number of nitrogens with zero attached hydrogens (tertiary/aromatic N) is 2. The predicted molar refractivity (Wildman–Crippen MR) is 66.7 cm³/mol. The van der Waals surface area contributed by atoms with Crippen LogP contribution < -0.4 is 10.1 Å². The summed E-state index contributed by atoms with van der Waals surface area (Å²) >= 11 is 0. The highest BCUT2D eigenvalue weighted by molar-refractivity contribution is 5.68. The van der Waals surface area contributed by atoms with Crippen molar-refractivity contribution in [2.75, 3.05) is 39.6 Å². The number of nitro groups is 1. The number of nitro benzene ring substituents is 1. The molecule has 1 aromatic rings. The minimum Gasteiger partial charge on any atom is -0.490 e. The Labute approximate surface area is 100 Å². The van der Waals surface area contributed by atoms with E-state index in [0.29, 0.717) is 12.2 Å². The van der Waals surface area contributed by atoms with Crippen molar-refractivity contribution in [1.82, 2.24) is 4.90 Å². The number of nitrogens with one attached hydrogen (secondary N) is 1. The summed E-state index contributed by atoms with van der Waals surface area (Å²) in [5, 5.41) is 14.0. The van der Waals surface area contributed by atoms with Crippen molar-refractivity contribution in [1.29, 1.82) is 0 Å². The van der Waals surface area contributed by atoms with Crippen molar-refractivity contribution in [3.63, 3.8) is 0 Å². The van der Waals surface area contributed by atoms with E-state index >= 15 is 0 Å². The minimum absolute atomic E-state index is 0.0197. The minimum atomic E-state index is -0.434. The molecule has 0 amide bonds. The molecule has 1 rings (SSSR count). The molecule has 0 saturated heterocycles. The van der Waals surface area contributed by atoms with Gasteiger partial charge in [-0.15, -0.1) is 0 Å². The van der Waals surface area contributed by atoms with Gasteiger partial charge in [0.15, 0.2) is 5.75 Å². The molecule has 6 nitrogen and oxygen atoms in total. The Hall–Kier alpha value is -1.82. The van der Waals surface area contributed by atoms with Crippen molar-refractivity contribution < 1.29 is 9.66 Å². The fourth-order valence-electron chi connectivity index (χ4n) is 1.43. The summed E-state index contributed by atoms with van der Waals surface area (Å²) in [6.45, 7) is 1.44. The molecule has 1 aromatic carbocycles. The molecule has 0 aromatic heterocycles. The molecule has 0 atom stereocenters. The van der Waals surface area contributed by atoms with Crippen LogP contribution in [0.1, 0.15) is 0 Å². The Morgan fingerprint density at radius 3 is 2.71 bits per heavy atom. The summed E-state index contributed by atoms with van der Waals surface area (Å²) in [5.41, 5.74) is 0.463. The maximum Gasteiger partial charge on any atom is 0.333 e. The number of hydrogen-bond acceptors (Lipinski definition) is 5. The van der Waals surface area contributed by atoms with Gasteiger partial charge in [-0.05, 0) is 26.2 Å². The molecule has 94 valence electrons. The lowest BCUT2D eigenvalue weighted by molar-refractivity contribution is -0.384. The summed E-state index contributed by atoms with van der Waals surface area (Å²) in [4.78, 5) is 12.5. The van der Waals surface area contributed by atoms with E-state index in [4.69, 9.17) is 4.74 Å². The topological polar surface area (TPSA) is 67.6 Å². The Bertz CT molecular complexity index is 394. The number of hydrogen-bond donors (Lipinski definition) is 1. The SMILES string of the molecule is COc1cccc(NCCN(C)C)c1[N+](=O)[O-]. The predicted octanol–water partition coefficient (Wildman–Crippen LogP) is 1.58. The Balaban J connectivity index is 2.87. The van der Waals surface area contributed by atoms with Gasteiger partial charge in [0.1, 0.15) is 5.69 Å². The molecule has 1 N–H and O–H groups in total. The summed E-state index contributed by atoms with van der Waals surface area (Å²) < 4.78 is 4.98. The zero-order chi connectivity index (χ0) is 12.8. The van der Waals surface area contributed by atoms with Gasteiger partial charge in [-0.25, -0.2) is 0 Å². The van der Waals surface area contributed by atoms with E-state index in [1.165, 1.54) is 7.11 Å². The first-order valence-electron chi connectivity index (χ1n) is 5.26. The van der Waals surface area contributed by atoms with Crippen LogP contribution in [-0.4, -0.2) is 44.1 Å². The molecule has 0 fully saturated rings. The third kappa shape index (κ3) is 3.60. The number of rotatable bonds is 6. The maximum absolute atomic E-state index is 11.0. The number of anilines is 1. The molecule has 0 unspecified atom stereocenters. The van der Waals surface area contributed by atoms with Gasteiger partial charge in [-0.3, -0.25) is 10.1 Å². The van der Waals surface area contributed by atoms with Crippen molar-refractivity contribution in [3.05, 3.63) is 28.3 Å². The van der Waals surface area contributed by atoms with E-state index in [2.05, 4.69) is 5.32 Å². The molecule has 0 radical (unpaired) electrons. The number of ether oxygens (including phenoxy) is 1. The first-order chi connectivity index (χ1) is 8.06. The second-order valence-corrected chi connectivity index (χ2v) is 3.84. The van der Waals surface area contributed by atoms with Gasteiger partial charge < -0.3 is 15.0 Å². The van der Waals surface area contributed by atoms with E-state index in [0.717, 1.165) is 6.54 Å². The van der Waals surface area contributed by atoms with Crippen molar-refractivity contribution >= 4 is 11.4 Å². The summed E-state index contributed by atoms with van der Waals surface area (Å²) in [5.74, 6) is 0.268. The van der Waals surface area contributed by atoms with Gasteiger partial charge in [-0.1, -0.05) is 6.07 Å². The quantitative estimate of drug-likeness (QED) is 0.603. The standard InChI is InChI=1S/C11H17N3O3/c1-13(2)8-7-12-9-5-4-6-10(17-3)11(9)14(15)16/h4-6,12H,7-8H2,1-3H3. The third-order valence-corrected chi connectivity index (χ3v) is 2.28. The van der Waals surface area contributed by atoms with Crippen LogP contribution in [0.15, 0.2) is 18.2 Å². The lowest BCUT2D eigenvalue weighted by Crippen LogP contribution is -2.21. The van der Waals surface area contributed by atoms with Crippen LogP contribution in [0.2, 0.25) is 0 Å². The van der Waals surface area contributed by atoms with Gasteiger partial charge >= 0.3 is 5.69 Å². The lowest BCUT2D eigenvalue weighted by atomic mass is 10.2. The number of likely N-dealkylation sites (N-methyl/N-ethyl adjacent to an activating group) is 1. The lowest BCUT2D eigenvalue weighted by Gasteiger charge is -2.12. The fourth-order valence-corrected chi connectivity index (χ4v) is 1.43. The van der Waals surface area contributed by atoms with Gasteiger partial charge in [0.25, 0.3) is 0 Å². The number of para-hydroxylation sites is 1. The largest absolute Gasteiger partial charge is 0.490 e. The first kappa shape index (κ1) is 13.2.